The molecule has 1 aromatic rings. The number of esters is 2. The van der Waals surface area contributed by atoms with Crippen molar-refractivity contribution in [3.05, 3.63) is 40.8 Å². The summed E-state index contributed by atoms with van der Waals surface area (Å²) in [5.74, 6) is -1.62. The maximum absolute atomic E-state index is 12.7. The molecule has 140 valence electrons. The minimum absolute atomic E-state index is 0.0130. The van der Waals surface area contributed by atoms with Crippen LogP contribution in [0.5, 0.6) is 0 Å². The van der Waals surface area contributed by atoms with Crippen molar-refractivity contribution >= 4 is 29.3 Å². The van der Waals surface area contributed by atoms with Gasteiger partial charge in [-0.1, -0.05) is 11.6 Å². The largest absolute Gasteiger partial charge is 0.462 e. The summed E-state index contributed by atoms with van der Waals surface area (Å²) >= 11 is 5.96. The highest BCUT2D eigenvalue weighted by Gasteiger charge is 2.28. The molecule has 1 heterocycles. The molecular weight excluding hydrogens is 360 g/mol. The first-order valence-corrected chi connectivity index (χ1v) is 8.76. The third kappa shape index (κ3) is 5.29. The third-order valence-corrected chi connectivity index (χ3v) is 4.23. The predicted octanol–water partition coefficient (Wildman–Crippen LogP) is 2.44. The van der Waals surface area contributed by atoms with Crippen molar-refractivity contribution in [2.45, 2.75) is 45.3 Å². The highest BCUT2D eigenvalue weighted by Crippen LogP contribution is 2.23. The standard InChI is InChI=1S/C18H21ClN2O5/c1-3-25-18(24)15(16(23)14-5-4-8-20-17(14)19)10-21-12-6-7-13(9-12)26-11(2)22/h4-5,8,10,12-13,21H,3,6-7,9H2,1-2H3/b15-10+/t12-,13-/m1/s1. The molecule has 26 heavy (non-hydrogen) atoms. The first-order chi connectivity index (χ1) is 12.4. The fraction of sp³-hybridized carbons (Fsp3) is 0.444. The van der Waals surface area contributed by atoms with E-state index in [9.17, 15) is 14.4 Å². The Balaban J connectivity index is 2.13. The number of pyridine rings is 1. The van der Waals surface area contributed by atoms with E-state index in [-0.39, 0.29) is 41.0 Å². The molecule has 8 heteroatoms. The van der Waals surface area contributed by atoms with Crippen molar-refractivity contribution in [2.24, 2.45) is 0 Å². The molecule has 0 unspecified atom stereocenters. The fourth-order valence-corrected chi connectivity index (χ4v) is 2.97. The lowest BCUT2D eigenvalue weighted by Gasteiger charge is -2.13. The van der Waals surface area contributed by atoms with Crippen LogP contribution in [0.4, 0.5) is 0 Å². The van der Waals surface area contributed by atoms with Gasteiger partial charge in [0.05, 0.1) is 12.2 Å². The predicted molar refractivity (Wildman–Crippen MR) is 94.6 cm³/mol. The molecule has 1 fully saturated rings. The monoisotopic (exact) mass is 380 g/mol. The van der Waals surface area contributed by atoms with Gasteiger partial charge in [0.2, 0.25) is 5.78 Å². The van der Waals surface area contributed by atoms with Crippen molar-refractivity contribution < 1.29 is 23.9 Å². The Morgan fingerprint density at radius 3 is 2.81 bits per heavy atom. The number of carbonyl (C=O) groups excluding carboxylic acids is 3. The Bertz CT molecular complexity index is 719. The topological polar surface area (TPSA) is 94.6 Å². The summed E-state index contributed by atoms with van der Waals surface area (Å²) in [7, 11) is 0. The van der Waals surface area contributed by atoms with Gasteiger partial charge >= 0.3 is 11.9 Å². The number of ether oxygens (including phenoxy) is 2. The van der Waals surface area contributed by atoms with Crippen LogP contribution in [0.3, 0.4) is 0 Å². The third-order valence-electron chi connectivity index (χ3n) is 3.92. The second-order valence-corrected chi connectivity index (χ2v) is 6.22. The van der Waals surface area contributed by atoms with Crippen molar-refractivity contribution in [2.75, 3.05) is 6.61 Å². The first kappa shape index (κ1) is 19.9. The van der Waals surface area contributed by atoms with Crippen LogP contribution in [0.2, 0.25) is 5.15 Å². The highest BCUT2D eigenvalue weighted by atomic mass is 35.5. The smallest absolute Gasteiger partial charge is 0.343 e. The van der Waals surface area contributed by atoms with Gasteiger partial charge < -0.3 is 14.8 Å². The number of nitrogens with one attached hydrogen (secondary N) is 1. The number of carbonyl (C=O) groups is 3. The Kier molecular flexibility index (Phi) is 7.15. The van der Waals surface area contributed by atoms with Crippen LogP contribution in [0.15, 0.2) is 30.1 Å². The molecule has 2 atom stereocenters. The minimum atomic E-state index is -0.737. The lowest BCUT2D eigenvalue weighted by atomic mass is 10.1. The van der Waals surface area contributed by atoms with Crippen molar-refractivity contribution in [3.8, 4) is 0 Å². The molecule has 1 saturated carbocycles. The molecule has 0 saturated heterocycles. The average Bonchev–Trinajstić information content (AvgIpc) is 3.02. The van der Waals surface area contributed by atoms with Gasteiger partial charge in [-0.15, -0.1) is 0 Å². The maximum Gasteiger partial charge on any atom is 0.343 e. The van der Waals surface area contributed by atoms with E-state index in [1.165, 1.54) is 25.4 Å². The number of Topliss-reactive ketones (excluding diaryl/α,β-unsaturated/α-hetero) is 1. The molecule has 1 aliphatic rings. The fourth-order valence-electron chi connectivity index (χ4n) is 2.76. The van der Waals surface area contributed by atoms with Crippen LogP contribution in [0.1, 0.15) is 43.5 Å². The SMILES string of the molecule is CCOC(=O)/C(=C/N[C@@H]1CC[C@@H](OC(C)=O)C1)C(=O)c1cccnc1Cl. The second-order valence-electron chi connectivity index (χ2n) is 5.86. The van der Waals surface area contributed by atoms with Crippen molar-refractivity contribution in [1.29, 1.82) is 0 Å². The molecule has 0 aromatic carbocycles. The van der Waals surface area contributed by atoms with Crippen LogP contribution in [-0.4, -0.2) is 41.5 Å². The van der Waals surface area contributed by atoms with E-state index in [1.807, 2.05) is 0 Å². The summed E-state index contributed by atoms with van der Waals surface area (Å²) < 4.78 is 10.2. The zero-order valence-electron chi connectivity index (χ0n) is 14.7. The number of aromatic nitrogens is 1. The average molecular weight is 381 g/mol. The molecule has 0 bridgehead atoms. The summed E-state index contributed by atoms with van der Waals surface area (Å²) in [4.78, 5) is 39.8. The van der Waals surface area contributed by atoms with Crippen LogP contribution >= 0.6 is 11.6 Å². The van der Waals surface area contributed by atoms with Gasteiger partial charge in [0.15, 0.2) is 0 Å². The Labute approximate surface area is 156 Å². The molecule has 1 aliphatic carbocycles. The van der Waals surface area contributed by atoms with Gasteiger partial charge in [-0.2, -0.15) is 0 Å². The number of halogens is 1. The molecule has 1 aromatic heterocycles. The number of ketones is 1. The zero-order valence-corrected chi connectivity index (χ0v) is 15.4. The molecular formula is C18H21ClN2O5. The van der Waals surface area contributed by atoms with Gasteiger partial charge in [0, 0.05) is 31.8 Å². The van der Waals surface area contributed by atoms with E-state index < -0.39 is 11.8 Å². The van der Waals surface area contributed by atoms with Gasteiger partial charge in [-0.05, 0) is 31.9 Å². The van der Waals surface area contributed by atoms with E-state index in [0.29, 0.717) is 6.42 Å². The number of nitrogens with zero attached hydrogens (tertiary/aromatic N) is 1. The summed E-state index contributed by atoms with van der Waals surface area (Å²) in [6, 6.07) is 3.05. The van der Waals surface area contributed by atoms with E-state index in [4.69, 9.17) is 21.1 Å². The lowest BCUT2D eigenvalue weighted by Crippen LogP contribution is -2.26. The Morgan fingerprint density at radius 2 is 2.15 bits per heavy atom. The van der Waals surface area contributed by atoms with Gasteiger partial charge in [0.1, 0.15) is 16.8 Å². The number of hydrogen-bond acceptors (Lipinski definition) is 7. The normalized spacial score (nSPS) is 19.7. The quantitative estimate of drug-likeness (QED) is 0.194. The van der Waals surface area contributed by atoms with E-state index in [1.54, 1.807) is 13.0 Å². The highest BCUT2D eigenvalue weighted by molar-refractivity contribution is 6.35. The lowest BCUT2D eigenvalue weighted by molar-refractivity contribution is -0.146. The first-order valence-electron chi connectivity index (χ1n) is 8.38. The minimum Gasteiger partial charge on any atom is -0.462 e. The van der Waals surface area contributed by atoms with Crippen molar-refractivity contribution in [1.82, 2.24) is 10.3 Å². The summed E-state index contributed by atoms with van der Waals surface area (Å²) in [6.07, 6.45) is 4.74. The van der Waals surface area contributed by atoms with Gasteiger partial charge in [-0.25, -0.2) is 9.78 Å². The van der Waals surface area contributed by atoms with Crippen LogP contribution in [0.25, 0.3) is 0 Å². The number of hydrogen-bond donors (Lipinski definition) is 1. The van der Waals surface area contributed by atoms with Crippen LogP contribution in [-0.2, 0) is 19.1 Å². The number of rotatable bonds is 7. The maximum atomic E-state index is 12.7. The van der Waals surface area contributed by atoms with Crippen molar-refractivity contribution in [3.63, 3.8) is 0 Å². The zero-order chi connectivity index (χ0) is 19.1. The van der Waals surface area contributed by atoms with Crippen LogP contribution < -0.4 is 5.32 Å². The Morgan fingerprint density at radius 1 is 1.38 bits per heavy atom. The summed E-state index contributed by atoms with van der Waals surface area (Å²) in [5.41, 5.74) is -0.0304. The summed E-state index contributed by atoms with van der Waals surface area (Å²) in [6.45, 7) is 3.17. The molecule has 0 aliphatic heterocycles. The van der Waals surface area contributed by atoms with Gasteiger partial charge in [0.25, 0.3) is 0 Å². The molecule has 0 spiro atoms. The molecule has 7 nitrogen and oxygen atoms in total. The molecule has 0 radical (unpaired) electrons. The summed E-state index contributed by atoms with van der Waals surface area (Å²) in [5, 5.41) is 3.07. The van der Waals surface area contributed by atoms with Gasteiger partial charge in [-0.3, -0.25) is 9.59 Å². The molecule has 2 rings (SSSR count). The van der Waals surface area contributed by atoms with E-state index >= 15 is 0 Å². The van der Waals surface area contributed by atoms with E-state index in [0.717, 1.165) is 12.8 Å². The Hall–Kier alpha value is -2.41. The molecule has 1 N–H and O–H groups in total. The van der Waals surface area contributed by atoms with E-state index in [2.05, 4.69) is 10.3 Å². The second kappa shape index (κ2) is 9.33. The van der Waals surface area contributed by atoms with Crippen LogP contribution in [0, 0.1) is 0 Å². The molecule has 0 amide bonds.